The topological polar surface area (TPSA) is 154 Å². The summed E-state index contributed by atoms with van der Waals surface area (Å²) >= 11 is 1.00. The number of rotatable bonds is 13. The smallest absolute Gasteiger partial charge is 0.411 e. The van der Waals surface area contributed by atoms with Crippen LogP contribution in [0.2, 0.25) is 0 Å². The highest BCUT2D eigenvalue weighted by Crippen LogP contribution is 2.49. The third-order valence-corrected chi connectivity index (χ3v) is 7.94. The molecule has 49 heavy (non-hydrogen) atoms. The number of halogens is 1. The molecular weight excluding hydrogens is 661 g/mol. The van der Waals surface area contributed by atoms with E-state index in [0.29, 0.717) is 39.4 Å². The van der Waals surface area contributed by atoms with Crippen LogP contribution in [0.25, 0.3) is 16.6 Å². The number of alkyl carbamates (subject to hydrolysis) is 1. The molecule has 3 aromatic carbocycles. The van der Waals surface area contributed by atoms with E-state index in [1.54, 1.807) is 51.1 Å². The minimum Gasteiger partial charge on any atom is -0.493 e. The zero-order valence-electron chi connectivity index (χ0n) is 27.6. The zero-order chi connectivity index (χ0) is 35.3. The Bertz CT molecular complexity index is 1900. The fourth-order valence-electron chi connectivity index (χ4n) is 5.36. The number of esters is 2. The van der Waals surface area contributed by atoms with Crippen molar-refractivity contribution in [1.29, 1.82) is 0 Å². The van der Waals surface area contributed by atoms with Gasteiger partial charge in [-0.2, -0.15) is 8.75 Å². The van der Waals surface area contributed by atoms with E-state index in [0.717, 1.165) is 17.8 Å². The van der Waals surface area contributed by atoms with Crippen LogP contribution in [-0.4, -0.2) is 67.4 Å². The van der Waals surface area contributed by atoms with Gasteiger partial charge in [0, 0.05) is 17.6 Å². The molecule has 0 aliphatic carbocycles. The maximum Gasteiger partial charge on any atom is 0.411 e. The van der Waals surface area contributed by atoms with Crippen LogP contribution >= 0.6 is 11.7 Å². The normalized spacial score (nSPS) is 15.6. The highest BCUT2D eigenvalue weighted by Gasteiger charge is 2.53. The third kappa shape index (κ3) is 7.21. The molecule has 0 radical (unpaired) electrons. The first-order valence-corrected chi connectivity index (χ1v) is 15.8. The lowest BCUT2D eigenvalue weighted by atomic mass is 9.87. The third-order valence-electron chi connectivity index (χ3n) is 7.38. The van der Waals surface area contributed by atoms with Gasteiger partial charge in [-0.1, -0.05) is 6.07 Å². The Balaban J connectivity index is 1.74. The van der Waals surface area contributed by atoms with E-state index in [1.165, 1.54) is 33.5 Å². The molecule has 13 nitrogen and oxygen atoms in total. The average molecular weight is 696 g/mol. The first kappa shape index (κ1) is 34.9. The second-order valence-corrected chi connectivity index (χ2v) is 11.4. The summed E-state index contributed by atoms with van der Waals surface area (Å²) < 4.78 is 63.2. The van der Waals surface area contributed by atoms with Crippen molar-refractivity contribution >= 4 is 46.4 Å². The molecule has 1 aromatic heterocycles. The fraction of sp³-hybridized carbons (Fsp3) is 0.324. The quantitative estimate of drug-likeness (QED) is 0.180. The summed E-state index contributed by atoms with van der Waals surface area (Å²) in [6.45, 7) is 4.64. The molecule has 0 fully saturated rings. The molecule has 0 saturated carbocycles. The Morgan fingerprint density at radius 1 is 0.959 bits per heavy atom. The lowest BCUT2D eigenvalue weighted by Gasteiger charge is -2.31. The van der Waals surface area contributed by atoms with E-state index < -0.39 is 36.2 Å². The molecule has 258 valence electrons. The standard InChI is InChI=1S/C34H34FN3O10S/c1-7-45-29(39)17-36-33(41)48-34(21-9-11-26(23(35)16-21)46-18(2)3)22(12-19-13-27(42-4)31(44-6)28(14-19)43-5)30(32(40)47-34)20-8-10-24-25(15-20)38-49-37-24/h8-11,13-16,18H,7,12,17H2,1-6H3,(H,36,41). The second kappa shape index (κ2) is 14.8. The zero-order valence-corrected chi connectivity index (χ0v) is 28.4. The Labute approximate surface area is 285 Å². The number of amides is 1. The Hall–Kier alpha value is -5.44. The number of cyclic esters (lactones) is 1. The van der Waals surface area contributed by atoms with Gasteiger partial charge in [0.25, 0.3) is 0 Å². The molecule has 15 heteroatoms. The van der Waals surface area contributed by atoms with Gasteiger partial charge in [-0.15, -0.1) is 0 Å². The Morgan fingerprint density at radius 3 is 2.31 bits per heavy atom. The largest absolute Gasteiger partial charge is 0.493 e. The van der Waals surface area contributed by atoms with Crippen LogP contribution in [0.5, 0.6) is 23.0 Å². The number of fused-ring (bicyclic) bond motifs is 1. The summed E-state index contributed by atoms with van der Waals surface area (Å²) in [5.74, 6) is -3.83. The molecule has 0 bridgehead atoms. The van der Waals surface area contributed by atoms with Crippen LogP contribution in [0, 0.1) is 5.82 Å². The number of carbonyl (C=O) groups is 3. The van der Waals surface area contributed by atoms with Crippen LogP contribution in [0.1, 0.15) is 37.5 Å². The highest BCUT2D eigenvalue weighted by molar-refractivity contribution is 7.00. The number of nitrogens with one attached hydrogen (secondary N) is 1. The highest BCUT2D eigenvalue weighted by atomic mass is 32.1. The Kier molecular flexibility index (Phi) is 10.5. The van der Waals surface area contributed by atoms with Crippen LogP contribution in [0.3, 0.4) is 0 Å². The van der Waals surface area contributed by atoms with E-state index in [-0.39, 0.29) is 41.6 Å². The molecule has 4 aromatic rings. The molecule has 1 atom stereocenters. The van der Waals surface area contributed by atoms with Crippen molar-refractivity contribution in [3.8, 4) is 23.0 Å². The summed E-state index contributed by atoms with van der Waals surface area (Å²) in [6.07, 6.45) is -1.60. The number of nitrogens with zero attached hydrogens (tertiary/aromatic N) is 2. The molecule has 0 spiro atoms. The van der Waals surface area contributed by atoms with Gasteiger partial charge in [0.15, 0.2) is 23.1 Å². The number of hydrogen-bond acceptors (Lipinski definition) is 13. The van der Waals surface area contributed by atoms with Crippen LogP contribution in [-0.2, 0) is 36.0 Å². The Morgan fingerprint density at radius 2 is 1.67 bits per heavy atom. The molecule has 1 amide bonds. The van der Waals surface area contributed by atoms with Gasteiger partial charge in [-0.05, 0) is 74.4 Å². The van der Waals surface area contributed by atoms with Gasteiger partial charge in [-0.3, -0.25) is 4.79 Å². The number of aromatic nitrogens is 2. The van der Waals surface area contributed by atoms with Crippen LogP contribution in [0.15, 0.2) is 54.1 Å². The van der Waals surface area contributed by atoms with Gasteiger partial charge in [0.1, 0.15) is 17.6 Å². The number of hydrogen-bond donors (Lipinski definition) is 1. The summed E-state index contributed by atoms with van der Waals surface area (Å²) in [7, 11) is 4.37. The van der Waals surface area contributed by atoms with Crippen molar-refractivity contribution in [2.75, 3.05) is 34.5 Å². The molecule has 5 rings (SSSR count). The number of benzene rings is 3. The predicted molar refractivity (Wildman–Crippen MR) is 175 cm³/mol. The lowest BCUT2D eigenvalue weighted by molar-refractivity contribution is -0.185. The summed E-state index contributed by atoms with van der Waals surface area (Å²) in [5.41, 5.74) is 2.14. The van der Waals surface area contributed by atoms with Gasteiger partial charge in [0.05, 0.1) is 51.3 Å². The van der Waals surface area contributed by atoms with Gasteiger partial charge in [-0.25, -0.2) is 14.0 Å². The van der Waals surface area contributed by atoms with E-state index in [4.69, 9.17) is 33.2 Å². The van der Waals surface area contributed by atoms with Gasteiger partial charge in [0.2, 0.25) is 5.75 Å². The molecule has 0 saturated heterocycles. The lowest BCUT2D eigenvalue weighted by Crippen LogP contribution is -2.41. The number of methoxy groups -OCH3 is 3. The monoisotopic (exact) mass is 695 g/mol. The summed E-state index contributed by atoms with van der Waals surface area (Å²) in [5, 5.41) is 2.33. The number of ether oxygens (including phenoxy) is 7. The first-order chi connectivity index (χ1) is 23.5. The van der Waals surface area contributed by atoms with E-state index in [2.05, 4.69) is 14.1 Å². The summed E-state index contributed by atoms with van der Waals surface area (Å²) in [6, 6.07) is 12.2. The van der Waals surface area contributed by atoms with E-state index in [9.17, 15) is 14.4 Å². The van der Waals surface area contributed by atoms with Crippen LogP contribution < -0.4 is 24.3 Å². The maximum atomic E-state index is 15.6. The molecular formula is C34H34FN3O10S. The summed E-state index contributed by atoms with van der Waals surface area (Å²) in [4.78, 5) is 39.5. The molecule has 1 N–H and O–H groups in total. The van der Waals surface area contributed by atoms with Gasteiger partial charge < -0.3 is 38.5 Å². The SMILES string of the molecule is CCOC(=O)CNC(=O)OC1(c2ccc(OC(C)C)c(F)c2)OC(=O)C(c2ccc3nsnc3c2)=C1Cc1cc(OC)c(OC)c(OC)c1. The minimum atomic E-state index is -2.34. The van der Waals surface area contributed by atoms with Crippen molar-refractivity contribution in [2.24, 2.45) is 0 Å². The predicted octanol–water partition coefficient (Wildman–Crippen LogP) is 5.34. The molecule has 1 unspecified atom stereocenters. The van der Waals surface area contributed by atoms with Crippen LogP contribution in [0.4, 0.5) is 9.18 Å². The molecule has 1 aliphatic heterocycles. The van der Waals surface area contributed by atoms with Crippen molar-refractivity contribution in [3.05, 3.63) is 76.6 Å². The van der Waals surface area contributed by atoms with Crippen molar-refractivity contribution in [1.82, 2.24) is 14.1 Å². The van der Waals surface area contributed by atoms with E-state index in [1.807, 2.05) is 0 Å². The second-order valence-electron chi connectivity index (χ2n) is 10.9. The minimum absolute atomic E-state index is 0.0322. The van der Waals surface area contributed by atoms with Crippen molar-refractivity contribution < 1.29 is 51.9 Å². The molecule has 1 aliphatic rings. The maximum absolute atomic E-state index is 15.6. The van der Waals surface area contributed by atoms with Crippen molar-refractivity contribution in [2.45, 2.75) is 39.1 Å². The van der Waals surface area contributed by atoms with Crippen molar-refractivity contribution in [3.63, 3.8) is 0 Å². The molecule has 2 heterocycles. The fourth-order valence-corrected chi connectivity index (χ4v) is 5.88. The average Bonchev–Trinajstić information content (AvgIpc) is 3.65. The van der Waals surface area contributed by atoms with E-state index >= 15 is 4.39 Å². The van der Waals surface area contributed by atoms with Gasteiger partial charge >= 0.3 is 23.8 Å². The first-order valence-electron chi connectivity index (χ1n) is 15.1. The number of carbonyl (C=O) groups excluding carboxylic acids is 3.